The van der Waals surface area contributed by atoms with Crippen LogP contribution in [0.15, 0.2) is 24.3 Å². The van der Waals surface area contributed by atoms with E-state index in [0.29, 0.717) is 0 Å². The minimum Gasteiger partial charge on any atom is -0.380 e. The Balaban J connectivity index is 2.83. The minimum absolute atomic E-state index is 0.188. The highest BCUT2D eigenvalue weighted by molar-refractivity contribution is 5.24. The fourth-order valence-electron chi connectivity index (χ4n) is 1.68. The molecule has 15 heavy (non-hydrogen) atoms. The molecular formula is C13H21NO. The summed E-state index contributed by atoms with van der Waals surface area (Å²) in [4.78, 5) is 0. The van der Waals surface area contributed by atoms with Crippen molar-refractivity contribution in [2.75, 3.05) is 13.7 Å². The number of nitrogens with one attached hydrogen (secondary N) is 1. The SMILES string of the molecule is CCNC(c1ccc(C)cc1)C(C)OC. The summed E-state index contributed by atoms with van der Waals surface area (Å²) in [6, 6.07) is 8.89. The highest BCUT2D eigenvalue weighted by Crippen LogP contribution is 2.19. The van der Waals surface area contributed by atoms with Gasteiger partial charge in [0.1, 0.15) is 0 Å². The van der Waals surface area contributed by atoms with Crippen molar-refractivity contribution >= 4 is 0 Å². The fraction of sp³-hybridized carbons (Fsp3) is 0.538. The molecule has 2 atom stereocenters. The molecule has 0 saturated carbocycles. The summed E-state index contributed by atoms with van der Waals surface area (Å²) in [6.07, 6.45) is 0.188. The summed E-state index contributed by atoms with van der Waals surface area (Å²) in [5.74, 6) is 0. The van der Waals surface area contributed by atoms with Gasteiger partial charge in [0.2, 0.25) is 0 Å². The molecule has 1 rings (SSSR count). The Kier molecular flexibility index (Phi) is 4.79. The molecule has 1 N–H and O–H groups in total. The molecule has 0 radical (unpaired) electrons. The molecule has 0 aromatic heterocycles. The highest BCUT2D eigenvalue weighted by atomic mass is 16.5. The minimum atomic E-state index is 0.188. The van der Waals surface area contributed by atoms with Gasteiger partial charge in [-0.15, -0.1) is 0 Å². The van der Waals surface area contributed by atoms with Crippen molar-refractivity contribution in [3.05, 3.63) is 35.4 Å². The van der Waals surface area contributed by atoms with Crippen molar-refractivity contribution in [3.63, 3.8) is 0 Å². The number of likely N-dealkylation sites (N-methyl/N-ethyl adjacent to an activating group) is 1. The third-order valence-corrected chi connectivity index (χ3v) is 2.70. The summed E-state index contributed by atoms with van der Waals surface area (Å²) in [5.41, 5.74) is 2.58. The third-order valence-electron chi connectivity index (χ3n) is 2.70. The van der Waals surface area contributed by atoms with E-state index in [4.69, 9.17) is 4.74 Å². The van der Waals surface area contributed by atoms with Crippen LogP contribution in [0.25, 0.3) is 0 Å². The maximum absolute atomic E-state index is 5.39. The summed E-state index contributed by atoms with van der Waals surface area (Å²) in [6.45, 7) is 7.26. The van der Waals surface area contributed by atoms with Gasteiger partial charge < -0.3 is 10.1 Å². The number of ether oxygens (including phenoxy) is 1. The standard InChI is InChI=1S/C13H21NO/c1-5-14-13(11(3)15-4)12-8-6-10(2)7-9-12/h6-9,11,13-14H,5H2,1-4H3. The van der Waals surface area contributed by atoms with Crippen molar-refractivity contribution in [1.29, 1.82) is 0 Å². The van der Waals surface area contributed by atoms with E-state index in [2.05, 4.69) is 50.4 Å². The fourth-order valence-corrected chi connectivity index (χ4v) is 1.68. The Labute approximate surface area is 92.6 Å². The Bertz CT molecular complexity index is 281. The number of rotatable bonds is 5. The van der Waals surface area contributed by atoms with E-state index in [1.165, 1.54) is 11.1 Å². The van der Waals surface area contributed by atoms with Gasteiger partial charge in [-0.05, 0) is 26.0 Å². The van der Waals surface area contributed by atoms with E-state index in [1.54, 1.807) is 7.11 Å². The normalized spacial score (nSPS) is 14.9. The lowest BCUT2D eigenvalue weighted by Crippen LogP contribution is -2.31. The molecule has 0 spiro atoms. The molecule has 2 unspecified atom stereocenters. The highest BCUT2D eigenvalue weighted by Gasteiger charge is 2.17. The second-order valence-corrected chi connectivity index (χ2v) is 3.89. The van der Waals surface area contributed by atoms with Gasteiger partial charge in [0, 0.05) is 7.11 Å². The summed E-state index contributed by atoms with van der Waals surface area (Å²) < 4.78 is 5.39. The zero-order chi connectivity index (χ0) is 11.3. The average Bonchev–Trinajstić information content (AvgIpc) is 2.26. The second-order valence-electron chi connectivity index (χ2n) is 3.89. The first-order valence-corrected chi connectivity index (χ1v) is 5.51. The molecule has 0 saturated heterocycles. The molecule has 2 heteroatoms. The topological polar surface area (TPSA) is 21.3 Å². The monoisotopic (exact) mass is 207 g/mol. The molecule has 84 valence electrons. The molecule has 0 heterocycles. The maximum atomic E-state index is 5.39. The van der Waals surface area contributed by atoms with Crippen LogP contribution in [0.1, 0.15) is 31.0 Å². The van der Waals surface area contributed by atoms with E-state index in [1.807, 2.05) is 0 Å². The molecule has 0 aliphatic carbocycles. The Hall–Kier alpha value is -0.860. The first kappa shape index (κ1) is 12.2. The number of aryl methyl sites for hydroxylation is 1. The van der Waals surface area contributed by atoms with Crippen molar-refractivity contribution < 1.29 is 4.74 Å². The Morgan fingerprint density at radius 3 is 2.33 bits per heavy atom. The van der Waals surface area contributed by atoms with Gasteiger partial charge in [0.15, 0.2) is 0 Å². The van der Waals surface area contributed by atoms with Crippen LogP contribution < -0.4 is 5.32 Å². The van der Waals surface area contributed by atoms with Gasteiger partial charge in [-0.2, -0.15) is 0 Å². The predicted molar refractivity (Wildman–Crippen MR) is 64.1 cm³/mol. The van der Waals surface area contributed by atoms with Gasteiger partial charge in [-0.25, -0.2) is 0 Å². The van der Waals surface area contributed by atoms with Gasteiger partial charge in [0.25, 0.3) is 0 Å². The smallest absolute Gasteiger partial charge is 0.0737 e. The Morgan fingerprint density at radius 2 is 1.87 bits per heavy atom. The number of benzene rings is 1. The van der Waals surface area contributed by atoms with E-state index in [9.17, 15) is 0 Å². The van der Waals surface area contributed by atoms with E-state index < -0.39 is 0 Å². The van der Waals surface area contributed by atoms with Crippen LogP contribution >= 0.6 is 0 Å². The number of hydrogen-bond acceptors (Lipinski definition) is 2. The zero-order valence-electron chi connectivity index (χ0n) is 10.1. The van der Waals surface area contributed by atoms with Crippen LogP contribution in [0.2, 0.25) is 0 Å². The van der Waals surface area contributed by atoms with Crippen LogP contribution in [0.4, 0.5) is 0 Å². The molecule has 1 aromatic rings. The van der Waals surface area contributed by atoms with Crippen LogP contribution in [-0.2, 0) is 4.74 Å². The lowest BCUT2D eigenvalue weighted by molar-refractivity contribution is 0.0836. The molecule has 2 nitrogen and oxygen atoms in total. The average molecular weight is 207 g/mol. The quantitative estimate of drug-likeness (QED) is 0.801. The molecule has 0 fully saturated rings. The predicted octanol–water partition coefficient (Wildman–Crippen LogP) is 2.68. The molecular weight excluding hydrogens is 186 g/mol. The molecule has 1 aromatic carbocycles. The van der Waals surface area contributed by atoms with Gasteiger partial charge in [0.05, 0.1) is 12.1 Å². The maximum Gasteiger partial charge on any atom is 0.0737 e. The molecule has 0 aliphatic heterocycles. The van der Waals surface area contributed by atoms with Crippen molar-refractivity contribution in [3.8, 4) is 0 Å². The van der Waals surface area contributed by atoms with Crippen LogP contribution in [0.3, 0.4) is 0 Å². The van der Waals surface area contributed by atoms with Crippen molar-refractivity contribution in [2.45, 2.75) is 32.9 Å². The Morgan fingerprint density at radius 1 is 1.27 bits per heavy atom. The second kappa shape index (κ2) is 5.89. The van der Waals surface area contributed by atoms with Crippen molar-refractivity contribution in [2.24, 2.45) is 0 Å². The number of hydrogen-bond donors (Lipinski definition) is 1. The molecule has 0 aliphatic rings. The zero-order valence-corrected chi connectivity index (χ0v) is 10.1. The summed E-state index contributed by atoms with van der Waals surface area (Å²) >= 11 is 0. The van der Waals surface area contributed by atoms with Crippen LogP contribution in [0.5, 0.6) is 0 Å². The van der Waals surface area contributed by atoms with Gasteiger partial charge in [-0.3, -0.25) is 0 Å². The number of methoxy groups -OCH3 is 1. The van der Waals surface area contributed by atoms with E-state index in [0.717, 1.165) is 6.54 Å². The largest absolute Gasteiger partial charge is 0.380 e. The molecule has 0 amide bonds. The van der Waals surface area contributed by atoms with Crippen LogP contribution in [-0.4, -0.2) is 19.8 Å². The van der Waals surface area contributed by atoms with Crippen LogP contribution in [0, 0.1) is 6.92 Å². The van der Waals surface area contributed by atoms with E-state index in [-0.39, 0.29) is 12.1 Å². The van der Waals surface area contributed by atoms with E-state index >= 15 is 0 Å². The summed E-state index contributed by atoms with van der Waals surface area (Å²) in [5, 5.41) is 3.44. The lowest BCUT2D eigenvalue weighted by Gasteiger charge is -2.24. The lowest BCUT2D eigenvalue weighted by atomic mass is 10.0. The van der Waals surface area contributed by atoms with Gasteiger partial charge in [-0.1, -0.05) is 36.8 Å². The van der Waals surface area contributed by atoms with Crippen molar-refractivity contribution in [1.82, 2.24) is 5.32 Å². The summed E-state index contributed by atoms with van der Waals surface area (Å²) in [7, 11) is 1.75. The third kappa shape index (κ3) is 3.33. The first-order chi connectivity index (χ1) is 7.19. The molecule has 0 bridgehead atoms. The van der Waals surface area contributed by atoms with Gasteiger partial charge >= 0.3 is 0 Å². The first-order valence-electron chi connectivity index (χ1n) is 5.51.